The number of rotatable bonds is 1. The van der Waals surface area contributed by atoms with Crippen molar-refractivity contribution in [2.45, 2.75) is 39.0 Å². The van der Waals surface area contributed by atoms with Gasteiger partial charge in [0, 0.05) is 12.8 Å². The Bertz CT molecular complexity index is 164. The number of nitrogens with zero attached hydrogens (tertiary/aromatic N) is 1. The molecule has 1 aliphatic rings. The molecular formula is C11H19N. The van der Waals surface area contributed by atoms with E-state index in [0.717, 1.165) is 12.8 Å². The van der Waals surface area contributed by atoms with Crippen molar-refractivity contribution in [3.8, 4) is 11.8 Å². The predicted molar refractivity (Wildman–Crippen MR) is 53.0 cm³/mol. The molecule has 1 rings (SSSR count). The average Bonchev–Trinajstić information content (AvgIpc) is 2.14. The zero-order valence-electron chi connectivity index (χ0n) is 8.10. The SMILES string of the molecule is CCN1CCCC#CCCCC1. The first-order valence-corrected chi connectivity index (χ1v) is 5.11. The second kappa shape index (κ2) is 6.08. The highest BCUT2D eigenvalue weighted by Crippen LogP contribution is 2.02. The summed E-state index contributed by atoms with van der Waals surface area (Å²) >= 11 is 0. The summed E-state index contributed by atoms with van der Waals surface area (Å²) < 4.78 is 0. The lowest BCUT2D eigenvalue weighted by Crippen LogP contribution is -2.25. The summed E-state index contributed by atoms with van der Waals surface area (Å²) in [5.41, 5.74) is 0. The van der Waals surface area contributed by atoms with E-state index < -0.39 is 0 Å². The minimum Gasteiger partial charge on any atom is -0.304 e. The Labute approximate surface area is 76.1 Å². The highest BCUT2D eigenvalue weighted by Gasteiger charge is 2.01. The molecule has 68 valence electrons. The van der Waals surface area contributed by atoms with Crippen molar-refractivity contribution < 1.29 is 0 Å². The minimum absolute atomic E-state index is 1.09. The summed E-state index contributed by atoms with van der Waals surface area (Å²) in [4.78, 5) is 2.53. The van der Waals surface area contributed by atoms with Crippen molar-refractivity contribution in [2.24, 2.45) is 0 Å². The van der Waals surface area contributed by atoms with Crippen molar-refractivity contribution in [1.82, 2.24) is 4.90 Å². The molecule has 1 nitrogen and oxygen atoms in total. The van der Waals surface area contributed by atoms with Crippen LogP contribution in [0.4, 0.5) is 0 Å². The first kappa shape index (κ1) is 9.61. The molecule has 1 heterocycles. The molecule has 0 amide bonds. The molecule has 0 N–H and O–H groups in total. The Balaban J connectivity index is 2.29. The summed E-state index contributed by atoms with van der Waals surface area (Å²) in [6.07, 6.45) is 6.06. The smallest absolute Gasteiger partial charge is 0.0101 e. The molecule has 1 aliphatic heterocycles. The van der Waals surface area contributed by atoms with E-state index >= 15 is 0 Å². The van der Waals surface area contributed by atoms with E-state index in [0.29, 0.717) is 0 Å². The molecule has 0 radical (unpaired) electrons. The number of hydrogen-bond acceptors (Lipinski definition) is 1. The molecule has 0 atom stereocenters. The Morgan fingerprint density at radius 2 is 1.67 bits per heavy atom. The normalized spacial score (nSPS) is 21.1. The van der Waals surface area contributed by atoms with Crippen LogP contribution in [0.2, 0.25) is 0 Å². The molecule has 0 unspecified atom stereocenters. The molecule has 0 saturated carbocycles. The summed E-state index contributed by atoms with van der Waals surface area (Å²) in [6.45, 7) is 5.97. The molecule has 12 heavy (non-hydrogen) atoms. The third-order valence-electron chi connectivity index (χ3n) is 2.37. The van der Waals surface area contributed by atoms with Crippen molar-refractivity contribution in [3.63, 3.8) is 0 Å². The van der Waals surface area contributed by atoms with Gasteiger partial charge in [0.25, 0.3) is 0 Å². The van der Waals surface area contributed by atoms with E-state index in [9.17, 15) is 0 Å². The van der Waals surface area contributed by atoms with Gasteiger partial charge in [-0.25, -0.2) is 0 Å². The highest BCUT2D eigenvalue weighted by molar-refractivity contribution is 4.98. The van der Waals surface area contributed by atoms with E-state index in [-0.39, 0.29) is 0 Å². The maximum atomic E-state index is 3.22. The van der Waals surface area contributed by atoms with Gasteiger partial charge in [0.1, 0.15) is 0 Å². The lowest BCUT2D eigenvalue weighted by molar-refractivity contribution is 0.279. The molecule has 0 aromatic carbocycles. The van der Waals surface area contributed by atoms with Crippen LogP contribution in [0.3, 0.4) is 0 Å². The van der Waals surface area contributed by atoms with E-state index in [1.54, 1.807) is 0 Å². The van der Waals surface area contributed by atoms with Crippen LogP contribution >= 0.6 is 0 Å². The summed E-state index contributed by atoms with van der Waals surface area (Å²) in [7, 11) is 0. The third-order valence-corrected chi connectivity index (χ3v) is 2.37. The van der Waals surface area contributed by atoms with Gasteiger partial charge in [-0.3, -0.25) is 0 Å². The summed E-state index contributed by atoms with van der Waals surface area (Å²) in [5.74, 6) is 6.44. The van der Waals surface area contributed by atoms with Crippen molar-refractivity contribution in [3.05, 3.63) is 0 Å². The van der Waals surface area contributed by atoms with Crippen LogP contribution < -0.4 is 0 Å². The van der Waals surface area contributed by atoms with Gasteiger partial charge in [0.05, 0.1) is 0 Å². The van der Waals surface area contributed by atoms with Crippen LogP contribution in [0.1, 0.15) is 39.0 Å². The van der Waals surface area contributed by atoms with Crippen LogP contribution in [0.15, 0.2) is 0 Å². The van der Waals surface area contributed by atoms with Gasteiger partial charge >= 0.3 is 0 Å². The van der Waals surface area contributed by atoms with Crippen LogP contribution in [-0.4, -0.2) is 24.5 Å². The van der Waals surface area contributed by atoms with E-state index in [1.165, 1.54) is 38.9 Å². The monoisotopic (exact) mass is 165 g/mol. The van der Waals surface area contributed by atoms with Gasteiger partial charge < -0.3 is 4.90 Å². The van der Waals surface area contributed by atoms with Crippen molar-refractivity contribution >= 4 is 0 Å². The second-order valence-corrected chi connectivity index (χ2v) is 3.35. The zero-order valence-corrected chi connectivity index (χ0v) is 8.10. The maximum Gasteiger partial charge on any atom is 0.0101 e. The van der Waals surface area contributed by atoms with Crippen LogP contribution in [0.5, 0.6) is 0 Å². The first-order chi connectivity index (χ1) is 5.93. The quantitative estimate of drug-likeness (QED) is 0.539. The second-order valence-electron chi connectivity index (χ2n) is 3.35. The summed E-state index contributed by atoms with van der Waals surface area (Å²) in [6, 6.07) is 0. The fourth-order valence-corrected chi connectivity index (χ4v) is 1.54. The minimum atomic E-state index is 1.09. The lowest BCUT2D eigenvalue weighted by atomic mass is 10.2. The average molecular weight is 165 g/mol. The lowest BCUT2D eigenvalue weighted by Gasteiger charge is -2.19. The Morgan fingerprint density at radius 1 is 1.00 bits per heavy atom. The van der Waals surface area contributed by atoms with Gasteiger partial charge in [-0.15, -0.1) is 11.8 Å². The molecule has 0 aromatic rings. The topological polar surface area (TPSA) is 3.24 Å². The fourth-order valence-electron chi connectivity index (χ4n) is 1.54. The van der Waals surface area contributed by atoms with Gasteiger partial charge in [0.15, 0.2) is 0 Å². The van der Waals surface area contributed by atoms with Gasteiger partial charge in [-0.2, -0.15) is 0 Å². The van der Waals surface area contributed by atoms with Gasteiger partial charge in [-0.1, -0.05) is 6.92 Å². The highest BCUT2D eigenvalue weighted by atomic mass is 15.1. The Hall–Kier alpha value is -0.480. The molecular weight excluding hydrogens is 146 g/mol. The molecule has 0 saturated heterocycles. The molecule has 0 bridgehead atoms. The van der Waals surface area contributed by atoms with E-state index in [2.05, 4.69) is 23.7 Å². The fraction of sp³-hybridized carbons (Fsp3) is 0.818. The van der Waals surface area contributed by atoms with Crippen LogP contribution in [0, 0.1) is 11.8 Å². The van der Waals surface area contributed by atoms with Crippen LogP contribution in [0.25, 0.3) is 0 Å². The zero-order chi connectivity index (χ0) is 8.65. The Kier molecular flexibility index (Phi) is 4.87. The van der Waals surface area contributed by atoms with E-state index in [4.69, 9.17) is 0 Å². The van der Waals surface area contributed by atoms with E-state index in [1.807, 2.05) is 0 Å². The first-order valence-electron chi connectivity index (χ1n) is 5.11. The molecule has 0 aliphatic carbocycles. The standard InChI is InChI=1S/C11H19N/c1-2-12-10-8-6-4-3-5-7-9-11-12/h2,4,6-11H2,1H3. The largest absolute Gasteiger partial charge is 0.304 e. The molecule has 0 fully saturated rings. The van der Waals surface area contributed by atoms with Gasteiger partial charge in [0.2, 0.25) is 0 Å². The molecule has 1 heteroatoms. The predicted octanol–water partition coefficient (Wildman–Crippen LogP) is 2.28. The third kappa shape index (κ3) is 3.78. The maximum absolute atomic E-state index is 3.22. The Morgan fingerprint density at radius 3 is 2.42 bits per heavy atom. The summed E-state index contributed by atoms with van der Waals surface area (Å²) in [5, 5.41) is 0. The van der Waals surface area contributed by atoms with Crippen molar-refractivity contribution in [2.75, 3.05) is 19.6 Å². The van der Waals surface area contributed by atoms with Crippen molar-refractivity contribution in [1.29, 1.82) is 0 Å². The molecule has 0 aromatic heterocycles. The molecule has 0 spiro atoms. The van der Waals surface area contributed by atoms with Gasteiger partial charge in [-0.05, 0) is 38.9 Å². The number of hydrogen-bond donors (Lipinski definition) is 0. The van der Waals surface area contributed by atoms with Crippen LogP contribution in [-0.2, 0) is 0 Å².